The van der Waals surface area contributed by atoms with Crippen molar-refractivity contribution in [3.8, 4) is 17.2 Å². The molecule has 0 amide bonds. The fraction of sp³-hybridized carbons (Fsp3) is 0.238. The Bertz CT molecular complexity index is 1050. The van der Waals surface area contributed by atoms with Gasteiger partial charge in [-0.15, -0.1) is 0 Å². The number of aliphatic imine (C=N–C) groups is 1. The van der Waals surface area contributed by atoms with E-state index >= 15 is 0 Å². The Hall–Kier alpha value is -3.55. The molecule has 2 heterocycles. The number of aromatic nitrogens is 2. The normalized spacial score (nSPS) is 12.9. The zero-order valence-electron chi connectivity index (χ0n) is 16.3. The predicted octanol–water partition coefficient (Wildman–Crippen LogP) is 2.91. The van der Waals surface area contributed by atoms with Crippen molar-refractivity contribution in [2.45, 2.75) is 20.0 Å². The van der Waals surface area contributed by atoms with Crippen LogP contribution in [-0.2, 0) is 13.1 Å². The van der Waals surface area contributed by atoms with Gasteiger partial charge in [-0.2, -0.15) is 0 Å². The van der Waals surface area contributed by atoms with E-state index in [1.165, 1.54) is 6.07 Å². The van der Waals surface area contributed by atoms with Crippen molar-refractivity contribution < 1.29 is 13.9 Å². The van der Waals surface area contributed by atoms with Crippen LogP contribution in [0.4, 0.5) is 4.39 Å². The molecule has 1 aliphatic heterocycles. The molecule has 7 nitrogen and oxygen atoms in total. The van der Waals surface area contributed by atoms with Crippen molar-refractivity contribution in [2.24, 2.45) is 4.99 Å². The third-order valence-electron chi connectivity index (χ3n) is 4.68. The number of rotatable bonds is 5. The Morgan fingerprint density at radius 2 is 1.83 bits per heavy atom. The van der Waals surface area contributed by atoms with Crippen molar-refractivity contribution in [2.75, 3.05) is 13.8 Å². The van der Waals surface area contributed by atoms with Gasteiger partial charge in [-0.1, -0.05) is 12.1 Å². The van der Waals surface area contributed by atoms with E-state index in [4.69, 9.17) is 9.47 Å². The zero-order chi connectivity index (χ0) is 20.2. The van der Waals surface area contributed by atoms with Crippen LogP contribution in [0.25, 0.3) is 5.69 Å². The van der Waals surface area contributed by atoms with Crippen molar-refractivity contribution in [3.05, 3.63) is 71.6 Å². The molecule has 0 fully saturated rings. The molecule has 8 heteroatoms. The van der Waals surface area contributed by atoms with Gasteiger partial charge in [0.2, 0.25) is 6.79 Å². The van der Waals surface area contributed by atoms with E-state index in [1.54, 1.807) is 30.1 Å². The summed E-state index contributed by atoms with van der Waals surface area (Å²) >= 11 is 0. The molecule has 0 unspecified atom stereocenters. The first-order chi connectivity index (χ1) is 14.1. The summed E-state index contributed by atoms with van der Waals surface area (Å²) in [6, 6.07) is 11.0. The molecule has 0 saturated carbocycles. The van der Waals surface area contributed by atoms with Gasteiger partial charge in [-0.25, -0.2) is 9.37 Å². The zero-order valence-corrected chi connectivity index (χ0v) is 16.3. The van der Waals surface area contributed by atoms with Crippen LogP contribution < -0.4 is 20.1 Å². The van der Waals surface area contributed by atoms with E-state index in [0.29, 0.717) is 24.7 Å². The van der Waals surface area contributed by atoms with Crippen LogP contribution in [0.1, 0.15) is 17.0 Å². The van der Waals surface area contributed by atoms with E-state index < -0.39 is 0 Å². The van der Waals surface area contributed by atoms with Gasteiger partial charge in [0, 0.05) is 32.5 Å². The highest BCUT2D eigenvalue weighted by Crippen LogP contribution is 2.32. The lowest BCUT2D eigenvalue weighted by Gasteiger charge is -2.13. The number of imidazole rings is 1. The molecular weight excluding hydrogens is 373 g/mol. The smallest absolute Gasteiger partial charge is 0.231 e. The second-order valence-electron chi connectivity index (χ2n) is 6.60. The molecule has 0 bridgehead atoms. The molecule has 4 rings (SSSR count). The van der Waals surface area contributed by atoms with E-state index in [2.05, 4.69) is 20.6 Å². The average Bonchev–Trinajstić information content (AvgIpc) is 3.36. The van der Waals surface area contributed by atoms with Crippen LogP contribution in [-0.4, -0.2) is 29.4 Å². The van der Waals surface area contributed by atoms with Crippen LogP contribution in [0, 0.1) is 12.7 Å². The minimum absolute atomic E-state index is 0.255. The minimum atomic E-state index is -0.297. The maximum Gasteiger partial charge on any atom is 0.231 e. The predicted molar refractivity (Wildman–Crippen MR) is 108 cm³/mol. The molecule has 0 spiro atoms. The standard InChI is InChI=1S/C21H22FN5O2/c1-14-24-7-8-27(14)18-5-3-15(9-17(18)22)11-25-21(23-2)26-12-16-4-6-19-20(10-16)29-13-28-19/h3-10H,11-13H2,1-2H3,(H2,23,25,26). The van der Waals surface area contributed by atoms with Gasteiger partial charge in [0.15, 0.2) is 17.5 Å². The first kappa shape index (κ1) is 18.8. The first-order valence-electron chi connectivity index (χ1n) is 9.26. The number of hydrogen-bond acceptors (Lipinski definition) is 4. The maximum absolute atomic E-state index is 14.5. The third-order valence-corrected chi connectivity index (χ3v) is 4.68. The van der Waals surface area contributed by atoms with E-state index in [9.17, 15) is 4.39 Å². The van der Waals surface area contributed by atoms with Gasteiger partial charge in [-0.3, -0.25) is 4.99 Å². The number of hydrogen-bond donors (Lipinski definition) is 2. The number of aryl methyl sites for hydroxylation is 1. The van der Waals surface area contributed by atoms with Crippen LogP contribution in [0.2, 0.25) is 0 Å². The van der Waals surface area contributed by atoms with Crippen molar-refractivity contribution in [3.63, 3.8) is 0 Å². The Kier molecular flexibility index (Phi) is 5.33. The topological polar surface area (TPSA) is 72.7 Å². The van der Waals surface area contributed by atoms with Crippen LogP contribution in [0.5, 0.6) is 11.5 Å². The minimum Gasteiger partial charge on any atom is -0.454 e. The fourth-order valence-corrected chi connectivity index (χ4v) is 3.13. The number of ether oxygens (including phenoxy) is 2. The van der Waals surface area contributed by atoms with Gasteiger partial charge in [0.1, 0.15) is 11.6 Å². The summed E-state index contributed by atoms with van der Waals surface area (Å²) in [5.41, 5.74) is 2.34. The highest BCUT2D eigenvalue weighted by molar-refractivity contribution is 5.79. The largest absolute Gasteiger partial charge is 0.454 e. The van der Waals surface area contributed by atoms with Crippen molar-refractivity contribution >= 4 is 5.96 Å². The summed E-state index contributed by atoms with van der Waals surface area (Å²) in [5, 5.41) is 6.44. The second kappa shape index (κ2) is 8.22. The summed E-state index contributed by atoms with van der Waals surface area (Å²) in [6.07, 6.45) is 3.40. The van der Waals surface area contributed by atoms with Gasteiger partial charge >= 0.3 is 0 Å². The first-order valence-corrected chi connectivity index (χ1v) is 9.26. The van der Waals surface area contributed by atoms with Gasteiger partial charge in [0.25, 0.3) is 0 Å². The fourth-order valence-electron chi connectivity index (χ4n) is 3.13. The maximum atomic E-state index is 14.5. The lowest BCUT2D eigenvalue weighted by atomic mass is 10.2. The number of nitrogens with zero attached hydrogens (tertiary/aromatic N) is 3. The van der Waals surface area contributed by atoms with Gasteiger partial charge in [-0.05, 0) is 42.3 Å². The average molecular weight is 395 g/mol. The van der Waals surface area contributed by atoms with Crippen LogP contribution in [0.3, 0.4) is 0 Å². The van der Waals surface area contributed by atoms with Gasteiger partial charge in [0.05, 0.1) is 5.69 Å². The van der Waals surface area contributed by atoms with Crippen LogP contribution in [0.15, 0.2) is 53.8 Å². The lowest BCUT2D eigenvalue weighted by molar-refractivity contribution is 0.174. The number of halogens is 1. The Morgan fingerprint density at radius 1 is 1.10 bits per heavy atom. The molecule has 0 aliphatic carbocycles. The summed E-state index contributed by atoms with van der Waals surface area (Å²) in [4.78, 5) is 8.35. The summed E-state index contributed by atoms with van der Waals surface area (Å²) in [5.74, 6) is 2.57. The van der Waals surface area contributed by atoms with Crippen molar-refractivity contribution in [1.29, 1.82) is 0 Å². The SMILES string of the molecule is CN=C(NCc1ccc(-n2ccnc2C)c(F)c1)NCc1ccc2c(c1)OCO2. The molecule has 0 atom stereocenters. The number of benzene rings is 2. The third kappa shape index (κ3) is 4.16. The molecular formula is C21H22FN5O2. The Morgan fingerprint density at radius 3 is 2.52 bits per heavy atom. The number of guanidine groups is 1. The summed E-state index contributed by atoms with van der Waals surface area (Å²) in [7, 11) is 1.69. The molecule has 150 valence electrons. The quantitative estimate of drug-likeness (QED) is 0.513. The van der Waals surface area contributed by atoms with E-state index in [0.717, 1.165) is 28.5 Å². The molecule has 2 aromatic carbocycles. The van der Waals surface area contributed by atoms with Crippen molar-refractivity contribution in [1.82, 2.24) is 20.2 Å². The lowest BCUT2D eigenvalue weighted by Crippen LogP contribution is -2.36. The number of fused-ring (bicyclic) bond motifs is 1. The van der Waals surface area contributed by atoms with Crippen LogP contribution >= 0.6 is 0 Å². The second-order valence-corrected chi connectivity index (χ2v) is 6.60. The van der Waals surface area contributed by atoms with Gasteiger partial charge < -0.3 is 24.7 Å². The molecule has 3 aromatic rings. The Labute approximate surface area is 168 Å². The molecule has 1 aromatic heterocycles. The Balaban J connectivity index is 1.35. The number of nitrogens with one attached hydrogen (secondary N) is 2. The van der Waals surface area contributed by atoms with E-state index in [1.807, 2.05) is 31.2 Å². The summed E-state index contributed by atoms with van der Waals surface area (Å²) in [6.45, 7) is 3.11. The molecule has 29 heavy (non-hydrogen) atoms. The highest BCUT2D eigenvalue weighted by Gasteiger charge is 2.13. The molecule has 2 N–H and O–H groups in total. The molecule has 0 radical (unpaired) electrons. The molecule has 1 aliphatic rings. The monoisotopic (exact) mass is 395 g/mol. The van der Waals surface area contributed by atoms with E-state index in [-0.39, 0.29) is 12.6 Å². The summed E-state index contributed by atoms with van der Waals surface area (Å²) < 4.78 is 27.0. The molecule has 0 saturated heterocycles. The highest BCUT2D eigenvalue weighted by atomic mass is 19.1.